The van der Waals surface area contributed by atoms with Crippen LogP contribution in [0.25, 0.3) is 0 Å². The number of unbranched alkanes of at least 4 members (excludes halogenated alkanes) is 1. The standard InChI is InChI=1S/C14H20N2O4/c1-20-12-7-5-11(6-8-12)10-16-14(19)15-9-3-2-4-13(17)18/h5-8H,2-4,9-10H2,1H3,(H,17,18)(H2,15,16,19). The molecular formula is C14H20N2O4. The molecule has 0 aromatic heterocycles. The number of amides is 2. The number of hydrogen-bond acceptors (Lipinski definition) is 3. The quantitative estimate of drug-likeness (QED) is 0.633. The van der Waals surface area contributed by atoms with E-state index < -0.39 is 5.97 Å². The van der Waals surface area contributed by atoms with E-state index in [4.69, 9.17) is 9.84 Å². The lowest BCUT2D eigenvalue weighted by Gasteiger charge is -2.08. The summed E-state index contributed by atoms with van der Waals surface area (Å²) < 4.78 is 5.05. The molecule has 0 spiro atoms. The van der Waals surface area contributed by atoms with Gasteiger partial charge in [0.15, 0.2) is 0 Å². The van der Waals surface area contributed by atoms with Crippen molar-refractivity contribution in [3.63, 3.8) is 0 Å². The van der Waals surface area contributed by atoms with Crippen molar-refractivity contribution in [1.29, 1.82) is 0 Å². The summed E-state index contributed by atoms with van der Waals surface area (Å²) in [5.41, 5.74) is 0.979. The molecule has 0 aliphatic heterocycles. The SMILES string of the molecule is COc1ccc(CNC(=O)NCCCCC(=O)O)cc1. The van der Waals surface area contributed by atoms with E-state index in [9.17, 15) is 9.59 Å². The fourth-order valence-corrected chi connectivity index (χ4v) is 1.59. The van der Waals surface area contributed by atoms with Crippen LogP contribution in [0.5, 0.6) is 5.75 Å². The van der Waals surface area contributed by atoms with Gasteiger partial charge in [-0.25, -0.2) is 4.79 Å². The molecule has 0 heterocycles. The highest BCUT2D eigenvalue weighted by Gasteiger charge is 2.01. The molecule has 0 aliphatic rings. The molecule has 3 N–H and O–H groups in total. The second-order valence-corrected chi connectivity index (χ2v) is 4.31. The van der Waals surface area contributed by atoms with Crippen LogP contribution in [0, 0.1) is 0 Å². The van der Waals surface area contributed by atoms with E-state index in [1.807, 2.05) is 24.3 Å². The maximum atomic E-state index is 11.5. The van der Waals surface area contributed by atoms with Gasteiger partial charge in [0, 0.05) is 19.5 Å². The number of rotatable bonds is 8. The Labute approximate surface area is 118 Å². The first kappa shape index (κ1) is 15.8. The van der Waals surface area contributed by atoms with Gasteiger partial charge < -0.3 is 20.5 Å². The molecule has 20 heavy (non-hydrogen) atoms. The van der Waals surface area contributed by atoms with Crippen LogP contribution in [-0.2, 0) is 11.3 Å². The lowest BCUT2D eigenvalue weighted by molar-refractivity contribution is -0.137. The zero-order valence-corrected chi connectivity index (χ0v) is 11.5. The van der Waals surface area contributed by atoms with Gasteiger partial charge in [-0.1, -0.05) is 12.1 Å². The first-order valence-corrected chi connectivity index (χ1v) is 6.48. The van der Waals surface area contributed by atoms with Crippen molar-refractivity contribution in [3.05, 3.63) is 29.8 Å². The first-order valence-electron chi connectivity index (χ1n) is 6.48. The molecule has 0 atom stereocenters. The molecule has 0 unspecified atom stereocenters. The summed E-state index contributed by atoms with van der Waals surface area (Å²) in [7, 11) is 1.60. The molecule has 110 valence electrons. The van der Waals surface area contributed by atoms with Crippen molar-refractivity contribution in [2.24, 2.45) is 0 Å². The average molecular weight is 280 g/mol. The van der Waals surface area contributed by atoms with Gasteiger partial charge in [0.25, 0.3) is 0 Å². The summed E-state index contributed by atoms with van der Waals surface area (Å²) in [5.74, 6) is -0.0365. The third-order valence-corrected chi connectivity index (χ3v) is 2.72. The molecule has 0 aliphatic carbocycles. The Morgan fingerprint density at radius 3 is 2.45 bits per heavy atom. The normalized spacial score (nSPS) is 9.85. The Morgan fingerprint density at radius 1 is 1.15 bits per heavy atom. The molecule has 0 bridgehead atoms. The number of methoxy groups -OCH3 is 1. The van der Waals surface area contributed by atoms with Crippen molar-refractivity contribution >= 4 is 12.0 Å². The fraction of sp³-hybridized carbons (Fsp3) is 0.429. The van der Waals surface area contributed by atoms with Crippen molar-refractivity contribution < 1.29 is 19.4 Å². The zero-order chi connectivity index (χ0) is 14.8. The van der Waals surface area contributed by atoms with Gasteiger partial charge in [-0.05, 0) is 30.5 Å². The highest BCUT2D eigenvalue weighted by molar-refractivity contribution is 5.73. The molecule has 0 radical (unpaired) electrons. The summed E-state index contributed by atoms with van der Waals surface area (Å²) >= 11 is 0. The summed E-state index contributed by atoms with van der Waals surface area (Å²) in [6.45, 7) is 0.909. The molecule has 6 nitrogen and oxygen atoms in total. The number of carbonyl (C=O) groups excluding carboxylic acids is 1. The Morgan fingerprint density at radius 2 is 1.85 bits per heavy atom. The molecule has 6 heteroatoms. The van der Waals surface area contributed by atoms with E-state index in [2.05, 4.69) is 10.6 Å². The fourth-order valence-electron chi connectivity index (χ4n) is 1.59. The van der Waals surface area contributed by atoms with Crippen LogP contribution in [0.4, 0.5) is 4.79 Å². The molecule has 0 fully saturated rings. The molecule has 1 aromatic carbocycles. The number of urea groups is 1. The molecular weight excluding hydrogens is 260 g/mol. The van der Waals surface area contributed by atoms with Crippen molar-refractivity contribution in [2.75, 3.05) is 13.7 Å². The van der Waals surface area contributed by atoms with E-state index >= 15 is 0 Å². The maximum Gasteiger partial charge on any atom is 0.315 e. The summed E-state index contributed by atoms with van der Waals surface area (Å²) in [6, 6.07) is 7.18. The van der Waals surface area contributed by atoms with Crippen molar-refractivity contribution in [2.45, 2.75) is 25.8 Å². The highest BCUT2D eigenvalue weighted by atomic mass is 16.5. The molecule has 0 saturated carbocycles. The summed E-state index contributed by atoms with van der Waals surface area (Å²) in [4.78, 5) is 21.8. The Balaban J connectivity index is 2.14. The maximum absolute atomic E-state index is 11.5. The lowest BCUT2D eigenvalue weighted by Crippen LogP contribution is -2.35. The van der Waals surface area contributed by atoms with Crippen LogP contribution >= 0.6 is 0 Å². The van der Waals surface area contributed by atoms with Crippen LogP contribution in [0.2, 0.25) is 0 Å². The predicted octanol–water partition coefficient (Wildman–Crippen LogP) is 1.75. The van der Waals surface area contributed by atoms with Crippen molar-refractivity contribution in [1.82, 2.24) is 10.6 Å². The van der Waals surface area contributed by atoms with Gasteiger partial charge in [0.1, 0.15) is 5.75 Å². The van der Waals surface area contributed by atoms with E-state index in [1.165, 1.54) is 0 Å². The highest BCUT2D eigenvalue weighted by Crippen LogP contribution is 2.10. The number of benzene rings is 1. The van der Waals surface area contributed by atoms with E-state index in [1.54, 1.807) is 7.11 Å². The Bertz CT molecular complexity index is 431. The van der Waals surface area contributed by atoms with Gasteiger partial charge >= 0.3 is 12.0 Å². The largest absolute Gasteiger partial charge is 0.497 e. The van der Waals surface area contributed by atoms with Gasteiger partial charge in [0.05, 0.1) is 7.11 Å². The monoisotopic (exact) mass is 280 g/mol. The number of carboxylic acids is 1. The number of hydrogen-bond donors (Lipinski definition) is 3. The zero-order valence-electron chi connectivity index (χ0n) is 11.5. The van der Waals surface area contributed by atoms with Gasteiger partial charge in [0.2, 0.25) is 0 Å². The lowest BCUT2D eigenvalue weighted by atomic mass is 10.2. The second kappa shape index (κ2) is 8.79. The molecule has 1 rings (SSSR count). The van der Waals surface area contributed by atoms with Crippen molar-refractivity contribution in [3.8, 4) is 5.75 Å². The minimum absolute atomic E-state index is 0.134. The molecule has 1 aromatic rings. The molecule has 0 saturated heterocycles. The third-order valence-electron chi connectivity index (χ3n) is 2.72. The van der Waals surface area contributed by atoms with Crippen LogP contribution in [0.3, 0.4) is 0 Å². The Kier molecular flexibility index (Phi) is 6.95. The van der Waals surface area contributed by atoms with E-state index in [0.29, 0.717) is 25.9 Å². The van der Waals surface area contributed by atoms with Gasteiger partial charge in [-0.2, -0.15) is 0 Å². The summed E-state index contributed by atoms with van der Waals surface area (Å²) in [6.07, 6.45) is 1.35. The van der Waals surface area contributed by atoms with Crippen LogP contribution in [0.1, 0.15) is 24.8 Å². The minimum atomic E-state index is -0.811. The molecule has 2 amide bonds. The van der Waals surface area contributed by atoms with Crippen LogP contribution in [-0.4, -0.2) is 30.8 Å². The number of carboxylic acid groups (broad SMARTS) is 1. The predicted molar refractivity (Wildman–Crippen MR) is 74.7 cm³/mol. The third kappa shape index (κ3) is 6.63. The smallest absolute Gasteiger partial charge is 0.315 e. The van der Waals surface area contributed by atoms with Gasteiger partial charge in [-0.15, -0.1) is 0 Å². The second-order valence-electron chi connectivity index (χ2n) is 4.31. The topological polar surface area (TPSA) is 87.7 Å². The first-order chi connectivity index (χ1) is 9.61. The van der Waals surface area contributed by atoms with Crippen LogP contribution < -0.4 is 15.4 Å². The number of nitrogens with one attached hydrogen (secondary N) is 2. The van der Waals surface area contributed by atoms with Gasteiger partial charge in [-0.3, -0.25) is 4.79 Å². The number of carbonyl (C=O) groups is 2. The van der Waals surface area contributed by atoms with E-state index in [-0.39, 0.29) is 12.5 Å². The van der Waals surface area contributed by atoms with E-state index in [0.717, 1.165) is 11.3 Å². The summed E-state index contributed by atoms with van der Waals surface area (Å²) in [5, 5.41) is 13.9. The van der Waals surface area contributed by atoms with Crippen LogP contribution in [0.15, 0.2) is 24.3 Å². The average Bonchev–Trinajstić information content (AvgIpc) is 2.45. The Hall–Kier alpha value is -2.24. The minimum Gasteiger partial charge on any atom is -0.497 e. The number of ether oxygens (including phenoxy) is 1. The number of aliphatic carboxylic acids is 1.